The van der Waals surface area contributed by atoms with E-state index >= 15 is 0 Å². The largest absolute Gasteiger partial charge is 0.472 e. The highest BCUT2D eigenvalue weighted by Crippen LogP contribution is 2.43. The Hall–Kier alpha value is -3.71. The highest BCUT2D eigenvalue weighted by atomic mass is 16.6. The van der Waals surface area contributed by atoms with E-state index in [9.17, 15) is 14.9 Å². The lowest BCUT2D eigenvalue weighted by Gasteiger charge is -2.37. The van der Waals surface area contributed by atoms with Gasteiger partial charge in [-0.2, -0.15) is 0 Å². The highest BCUT2D eigenvalue weighted by molar-refractivity contribution is 5.95. The summed E-state index contributed by atoms with van der Waals surface area (Å²) in [4.78, 5) is 25.7. The minimum Gasteiger partial charge on any atom is -0.472 e. The summed E-state index contributed by atoms with van der Waals surface area (Å²) in [6.07, 6.45) is 7.79. The zero-order valence-electron chi connectivity index (χ0n) is 19.8. The predicted octanol–water partition coefficient (Wildman–Crippen LogP) is 5.57. The number of nitrogens with zero attached hydrogens (tertiary/aromatic N) is 2. The second-order valence-corrected chi connectivity index (χ2v) is 9.32. The molecule has 7 nitrogen and oxygen atoms in total. The number of amides is 1. The fourth-order valence-corrected chi connectivity index (χ4v) is 5.54. The van der Waals surface area contributed by atoms with Gasteiger partial charge >= 0.3 is 0 Å². The number of rotatable bonds is 7. The maximum Gasteiger partial charge on any atom is 0.269 e. The average molecular weight is 472 g/mol. The van der Waals surface area contributed by atoms with E-state index in [1.54, 1.807) is 18.4 Å². The van der Waals surface area contributed by atoms with Crippen molar-refractivity contribution >= 4 is 17.2 Å². The van der Waals surface area contributed by atoms with Crippen LogP contribution in [0.4, 0.5) is 5.69 Å². The number of nitrogens with one attached hydrogen (secondary N) is 1. The van der Waals surface area contributed by atoms with E-state index in [0.717, 1.165) is 48.9 Å². The van der Waals surface area contributed by atoms with Crippen LogP contribution in [-0.4, -0.2) is 34.4 Å². The summed E-state index contributed by atoms with van der Waals surface area (Å²) in [6.45, 7) is 3.38. The van der Waals surface area contributed by atoms with Gasteiger partial charge in [-0.25, -0.2) is 0 Å². The molecule has 180 valence electrons. The number of hydrogen-bond acceptors (Lipinski definition) is 5. The Labute approximate surface area is 204 Å². The van der Waals surface area contributed by atoms with Crippen LogP contribution in [0.3, 0.4) is 0 Å². The van der Waals surface area contributed by atoms with Crippen molar-refractivity contribution in [3.8, 4) is 0 Å². The van der Waals surface area contributed by atoms with Gasteiger partial charge in [0.25, 0.3) is 11.6 Å². The van der Waals surface area contributed by atoms with Crippen molar-refractivity contribution in [3.05, 3.63) is 105 Å². The first-order valence-electron chi connectivity index (χ1n) is 12.2. The number of piperidine rings is 1. The van der Waals surface area contributed by atoms with E-state index in [0.29, 0.717) is 24.2 Å². The molecule has 2 saturated heterocycles. The molecule has 7 heteroatoms. The van der Waals surface area contributed by atoms with E-state index in [2.05, 4.69) is 10.2 Å². The molecule has 2 atom stereocenters. The van der Waals surface area contributed by atoms with Crippen molar-refractivity contribution in [2.24, 2.45) is 0 Å². The first-order chi connectivity index (χ1) is 17.0. The van der Waals surface area contributed by atoms with E-state index in [4.69, 9.17) is 4.42 Å². The SMILES string of the molecule is CCNC(=O)c1ccc(C(=C2CC3CCC(C2)N3Cc2ccoc2)c2ccc([N+](=O)[O-])cc2)cc1. The summed E-state index contributed by atoms with van der Waals surface area (Å²) < 4.78 is 5.28. The van der Waals surface area contributed by atoms with Gasteiger partial charge < -0.3 is 9.73 Å². The highest BCUT2D eigenvalue weighted by Gasteiger charge is 2.39. The van der Waals surface area contributed by atoms with Crippen molar-refractivity contribution in [1.82, 2.24) is 10.2 Å². The third-order valence-electron chi connectivity index (χ3n) is 7.17. The van der Waals surface area contributed by atoms with E-state index < -0.39 is 0 Å². The Balaban J connectivity index is 1.50. The summed E-state index contributed by atoms with van der Waals surface area (Å²) in [5.41, 5.74) is 6.41. The van der Waals surface area contributed by atoms with Crippen LogP contribution < -0.4 is 5.32 Å². The van der Waals surface area contributed by atoms with Gasteiger partial charge in [-0.1, -0.05) is 17.7 Å². The Kier molecular flexibility index (Phi) is 6.51. The average Bonchev–Trinajstić information content (AvgIpc) is 3.45. The lowest BCUT2D eigenvalue weighted by Crippen LogP contribution is -2.40. The van der Waals surface area contributed by atoms with Crippen LogP contribution >= 0.6 is 0 Å². The third kappa shape index (κ3) is 4.77. The van der Waals surface area contributed by atoms with E-state index in [1.807, 2.05) is 55.7 Å². The number of furan rings is 1. The van der Waals surface area contributed by atoms with Crippen LogP contribution in [0.25, 0.3) is 5.57 Å². The zero-order chi connectivity index (χ0) is 24.4. The van der Waals surface area contributed by atoms with Gasteiger partial charge in [0.15, 0.2) is 0 Å². The zero-order valence-corrected chi connectivity index (χ0v) is 19.8. The number of fused-ring (bicyclic) bond motifs is 2. The summed E-state index contributed by atoms with van der Waals surface area (Å²) in [5.74, 6) is -0.0887. The second kappa shape index (κ2) is 9.88. The topological polar surface area (TPSA) is 88.6 Å². The normalized spacial score (nSPS) is 19.5. The first kappa shape index (κ1) is 23.1. The molecule has 3 aromatic rings. The predicted molar refractivity (Wildman–Crippen MR) is 134 cm³/mol. The van der Waals surface area contributed by atoms with Crippen molar-refractivity contribution in [1.29, 1.82) is 0 Å². The van der Waals surface area contributed by atoms with Crippen LogP contribution in [0.2, 0.25) is 0 Å². The Morgan fingerprint density at radius 2 is 1.60 bits per heavy atom. The molecular formula is C28H29N3O4. The number of nitro groups is 1. The van der Waals surface area contributed by atoms with Gasteiger partial charge in [-0.3, -0.25) is 19.8 Å². The maximum absolute atomic E-state index is 12.3. The molecule has 5 rings (SSSR count). The molecule has 1 aromatic heterocycles. The van der Waals surface area contributed by atoms with Crippen molar-refractivity contribution < 1.29 is 14.1 Å². The molecule has 3 heterocycles. The monoisotopic (exact) mass is 471 g/mol. The van der Waals surface area contributed by atoms with Gasteiger partial charge in [0.2, 0.25) is 0 Å². The van der Waals surface area contributed by atoms with Crippen molar-refractivity contribution in [2.45, 2.75) is 51.2 Å². The molecule has 2 aromatic carbocycles. The second-order valence-electron chi connectivity index (χ2n) is 9.32. The smallest absolute Gasteiger partial charge is 0.269 e. The van der Waals surface area contributed by atoms with Crippen LogP contribution in [-0.2, 0) is 6.54 Å². The number of carbonyl (C=O) groups excluding carboxylic acids is 1. The molecular weight excluding hydrogens is 442 g/mol. The number of benzene rings is 2. The molecule has 0 saturated carbocycles. The fourth-order valence-electron chi connectivity index (χ4n) is 5.54. The molecule has 2 unspecified atom stereocenters. The Morgan fingerprint density at radius 1 is 1.00 bits per heavy atom. The number of hydrogen-bond donors (Lipinski definition) is 1. The molecule has 35 heavy (non-hydrogen) atoms. The van der Waals surface area contributed by atoms with Crippen LogP contribution in [0.1, 0.15) is 59.7 Å². The molecule has 0 aliphatic carbocycles. The van der Waals surface area contributed by atoms with Crippen LogP contribution in [0.5, 0.6) is 0 Å². The van der Waals surface area contributed by atoms with E-state index in [-0.39, 0.29) is 16.5 Å². The minimum atomic E-state index is -0.369. The number of carbonyl (C=O) groups is 1. The fraction of sp³-hybridized carbons (Fsp3) is 0.321. The van der Waals surface area contributed by atoms with Gasteiger partial charge in [0.1, 0.15) is 0 Å². The quantitative estimate of drug-likeness (QED) is 0.360. The first-order valence-corrected chi connectivity index (χ1v) is 12.2. The van der Waals surface area contributed by atoms with E-state index in [1.165, 1.54) is 11.1 Å². The standard InChI is InChI=1S/C28H29N3O4/c1-2-29-28(32)22-5-3-20(4-6-22)27(21-7-9-24(10-8-21)31(33)34)23-15-25-11-12-26(16-23)30(25)17-19-13-14-35-18-19/h3-10,13-14,18,25-26H,2,11-12,15-17H2,1H3,(H,29,32). The minimum absolute atomic E-state index is 0.0830. The van der Waals surface area contributed by atoms with Gasteiger partial charge in [0, 0.05) is 48.4 Å². The molecule has 2 aliphatic heterocycles. The lowest BCUT2D eigenvalue weighted by molar-refractivity contribution is -0.384. The molecule has 2 aliphatic rings. The van der Waals surface area contributed by atoms with Gasteiger partial charge in [-0.15, -0.1) is 0 Å². The molecule has 0 spiro atoms. The summed E-state index contributed by atoms with van der Waals surface area (Å²) in [5, 5.41) is 14.1. The molecule has 0 radical (unpaired) electrons. The number of non-ortho nitro benzene ring substituents is 1. The maximum atomic E-state index is 12.3. The summed E-state index contributed by atoms with van der Waals surface area (Å²) in [6, 6.07) is 17.5. The summed E-state index contributed by atoms with van der Waals surface area (Å²) >= 11 is 0. The molecule has 1 N–H and O–H groups in total. The molecule has 2 bridgehead atoms. The van der Waals surface area contributed by atoms with Gasteiger partial charge in [-0.05, 0) is 79.6 Å². The summed E-state index contributed by atoms with van der Waals surface area (Å²) in [7, 11) is 0. The van der Waals surface area contributed by atoms with Crippen LogP contribution in [0.15, 0.2) is 77.1 Å². The molecule has 2 fully saturated rings. The van der Waals surface area contributed by atoms with Crippen molar-refractivity contribution in [3.63, 3.8) is 0 Å². The Morgan fingerprint density at radius 3 is 2.14 bits per heavy atom. The lowest BCUT2D eigenvalue weighted by atomic mass is 9.85. The van der Waals surface area contributed by atoms with Gasteiger partial charge in [0.05, 0.1) is 17.4 Å². The Bertz CT molecular complexity index is 1210. The number of nitro benzene ring substituents is 1. The van der Waals surface area contributed by atoms with Crippen molar-refractivity contribution in [2.75, 3.05) is 6.54 Å². The third-order valence-corrected chi connectivity index (χ3v) is 7.17. The van der Waals surface area contributed by atoms with Crippen LogP contribution in [0, 0.1) is 10.1 Å². The molecule has 1 amide bonds.